The van der Waals surface area contributed by atoms with Gasteiger partial charge in [-0.15, -0.1) is 0 Å². The lowest BCUT2D eigenvalue weighted by Gasteiger charge is -2.31. The Morgan fingerprint density at radius 3 is 2.40 bits per heavy atom. The molecule has 0 aromatic heterocycles. The molecule has 1 aliphatic rings. The van der Waals surface area contributed by atoms with Crippen molar-refractivity contribution in [3.05, 3.63) is 0 Å². The van der Waals surface area contributed by atoms with Crippen LogP contribution in [0.15, 0.2) is 0 Å². The van der Waals surface area contributed by atoms with Crippen LogP contribution in [0.1, 0.15) is 79.6 Å². The molecule has 118 valence electrons. The number of carbonyl (C=O) groups excluding carboxylic acids is 1. The molecule has 0 bridgehead atoms. The number of carbonyl (C=O) groups is 1. The fraction of sp³-hybridized carbons (Fsp3) is 0.941. The molecule has 1 fully saturated rings. The SMILES string of the molecule is CCCCCC(C)N1C(=O)C(CCC)NC1CC(C)C. The highest BCUT2D eigenvalue weighted by atomic mass is 16.2. The van der Waals surface area contributed by atoms with Gasteiger partial charge in [0.15, 0.2) is 0 Å². The molecule has 1 N–H and O–H groups in total. The normalized spacial score (nSPS) is 24.7. The first kappa shape index (κ1) is 17.5. The van der Waals surface area contributed by atoms with Crippen molar-refractivity contribution >= 4 is 5.91 Å². The third kappa shape index (κ3) is 4.76. The molecule has 0 aromatic carbocycles. The van der Waals surface area contributed by atoms with Gasteiger partial charge in [-0.1, -0.05) is 53.4 Å². The molecule has 0 radical (unpaired) electrons. The summed E-state index contributed by atoms with van der Waals surface area (Å²) in [5.41, 5.74) is 0. The average molecular weight is 282 g/mol. The van der Waals surface area contributed by atoms with E-state index >= 15 is 0 Å². The van der Waals surface area contributed by atoms with E-state index in [1.807, 2.05) is 0 Å². The first-order valence-electron chi connectivity index (χ1n) is 8.59. The minimum atomic E-state index is 0.0531. The maximum Gasteiger partial charge on any atom is 0.241 e. The summed E-state index contributed by atoms with van der Waals surface area (Å²) >= 11 is 0. The molecule has 3 unspecified atom stereocenters. The van der Waals surface area contributed by atoms with Crippen molar-refractivity contribution in [2.45, 2.75) is 97.8 Å². The van der Waals surface area contributed by atoms with Crippen molar-refractivity contribution in [1.29, 1.82) is 0 Å². The highest BCUT2D eigenvalue weighted by Gasteiger charge is 2.40. The summed E-state index contributed by atoms with van der Waals surface area (Å²) < 4.78 is 0. The second-order valence-corrected chi connectivity index (χ2v) is 6.74. The summed E-state index contributed by atoms with van der Waals surface area (Å²) in [5.74, 6) is 0.951. The van der Waals surface area contributed by atoms with Crippen LogP contribution in [-0.2, 0) is 4.79 Å². The Bertz CT molecular complexity index is 291. The molecule has 3 nitrogen and oxygen atoms in total. The second-order valence-electron chi connectivity index (χ2n) is 6.74. The van der Waals surface area contributed by atoms with Crippen molar-refractivity contribution in [3.63, 3.8) is 0 Å². The van der Waals surface area contributed by atoms with Crippen LogP contribution in [-0.4, -0.2) is 29.1 Å². The van der Waals surface area contributed by atoms with Crippen LogP contribution in [0.4, 0.5) is 0 Å². The van der Waals surface area contributed by atoms with Crippen LogP contribution in [0, 0.1) is 5.92 Å². The zero-order chi connectivity index (χ0) is 15.1. The van der Waals surface area contributed by atoms with E-state index in [4.69, 9.17) is 0 Å². The van der Waals surface area contributed by atoms with Gasteiger partial charge in [-0.3, -0.25) is 10.1 Å². The standard InChI is InChI=1S/C17H34N2O/c1-6-8-9-11-14(5)19-16(12-13(3)4)18-15(10-7-2)17(19)20/h13-16,18H,6-12H2,1-5H3. The smallest absolute Gasteiger partial charge is 0.241 e. The van der Waals surface area contributed by atoms with Gasteiger partial charge in [0.05, 0.1) is 12.2 Å². The van der Waals surface area contributed by atoms with E-state index < -0.39 is 0 Å². The minimum absolute atomic E-state index is 0.0531. The van der Waals surface area contributed by atoms with Gasteiger partial charge in [0, 0.05) is 6.04 Å². The number of amides is 1. The third-order valence-corrected chi connectivity index (χ3v) is 4.25. The van der Waals surface area contributed by atoms with Gasteiger partial charge in [-0.25, -0.2) is 0 Å². The minimum Gasteiger partial charge on any atom is -0.323 e. The first-order chi connectivity index (χ1) is 9.51. The van der Waals surface area contributed by atoms with Crippen molar-refractivity contribution in [2.75, 3.05) is 0 Å². The molecule has 0 aromatic rings. The Balaban J connectivity index is 2.67. The summed E-state index contributed by atoms with van der Waals surface area (Å²) in [4.78, 5) is 14.8. The van der Waals surface area contributed by atoms with E-state index in [-0.39, 0.29) is 12.2 Å². The Kier molecular flexibility index (Phi) is 7.57. The largest absolute Gasteiger partial charge is 0.323 e. The van der Waals surface area contributed by atoms with Crippen LogP contribution in [0.25, 0.3) is 0 Å². The second kappa shape index (κ2) is 8.66. The lowest BCUT2D eigenvalue weighted by atomic mass is 10.0. The van der Waals surface area contributed by atoms with Gasteiger partial charge in [0.2, 0.25) is 5.91 Å². The molecule has 1 aliphatic heterocycles. The van der Waals surface area contributed by atoms with Crippen LogP contribution in [0.3, 0.4) is 0 Å². The van der Waals surface area contributed by atoms with Gasteiger partial charge >= 0.3 is 0 Å². The van der Waals surface area contributed by atoms with Crippen molar-refractivity contribution in [2.24, 2.45) is 5.92 Å². The summed E-state index contributed by atoms with van der Waals surface area (Å²) in [5, 5.41) is 3.57. The Labute approximate surface area is 125 Å². The van der Waals surface area contributed by atoms with Crippen LogP contribution < -0.4 is 5.32 Å². The van der Waals surface area contributed by atoms with E-state index in [2.05, 4.69) is 44.8 Å². The Hall–Kier alpha value is -0.570. The van der Waals surface area contributed by atoms with Crippen molar-refractivity contribution < 1.29 is 4.79 Å². The molecule has 3 atom stereocenters. The van der Waals surface area contributed by atoms with Crippen molar-refractivity contribution in [1.82, 2.24) is 10.2 Å². The number of unbranched alkanes of at least 4 members (excludes halogenated alkanes) is 2. The van der Waals surface area contributed by atoms with Gasteiger partial charge < -0.3 is 4.90 Å². The Morgan fingerprint density at radius 1 is 1.15 bits per heavy atom. The number of rotatable bonds is 9. The number of hydrogen-bond donors (Lipinski definition) is 1. The van der Waals surface area contributed by atoms with Gasteiger partial charge in [-0.2, -0.15) is 0 Å². The highest BCUT2D eigenvalue weighted by molar-refractivity contribution is 5.84. The van der Waals surface area contributed by atoms with Crippen molar-refractivity contribution in [3.8, 4) is 0 Å². The fourth-order valence-electron chi connectivity index (χ4n) is 3.19. The van der Waals surface area contributed by atoms with Gasteiger partial charge in [-0.05, 0) is 32.1 Å². The molecule has 0 saturated carbocycles. The zero-order valence-electron chi connectivity index (χ0n) is 14.1. The van der Waals surface area contributed by atoms with Gasteiger partial charge in [0.1, 0.15) is 0 Å². The predicted octanol–water partition coefficient (Wildman–Crippen LogP) is 3.93. The zero-order valence-corrected chi connectivity index (χ0v) is 14.1. The predicted molar refractivity (Wildman–Crippen MR) is 85.5 cm³/mol. The van der Waals surface area contributed by atoms with E-state index in [1.54, 1.807) is 0 Å². The third-order valence-electron chi connectivity index (χ3n) is 4.25. The lowest BCUT2D eigenvalue weighted by Crippen LogP contribution is -2.44. The molecular weight excluding hydrogens is 248 g/mol. The molecule has 1 rings (SSSR count). The molecule has 3 heteroatoms. The maximum atomic E-state index is 12.6. The number of nitrogens with one attached hydrogen (secondary N) is 1. The summed E-state index contributed by atoms with van der Waals surface area (Å²) in [7, 11) is 0. The molecule has 1 heterocycles. The topological polar surface area (TPSA) is 32.3 Å². The van der Waals surface area contributed by atoms with Crippen LogP contribution in [0.2, 0.25) is 0 Å². The molecule has 1 amide bonds. The molecule has 0 spiro atoms. The van der Waals surface area contributed by atoms with Crippen LogP contribution >= 0.6 is 0 Å². The van der Waals surface area contributed by atoms with E-state index in [1.165, 1.54) is 19.3 Å². The van der Waals surface area contributed by atoms with E-state index in [0.29, 0.717) is 17.9 Å². The highest BCUT2D eigenvalue weighted by Crippen LogP contribution is 2.24. The van der Waals surface area contributed by atoms with Crippen LogP contribution in [0.5, 0.6) is 0 Å². The molecule has 20 heavy (non-hydrogen) atoms. The lowest BCUT2D eigenvalue weighted by molar-refractivity contribution is -0.132. The first-order valence-corrected chi connectivity index (χ1v) is 8.59. The Morgan fingerprint density at radius 2 is 1.85 bits per heavy atom. The monoisotopic (exact) mass is 282 g/mol. The summed E-state index contributed by atoms with van der Waals surface area (Å²) in [6.07, 6.45) is 8.21. The number of hydrogen-bond acceptors (Lipinski definition) is 2. The maximum absolute atomic E-state index is 12.6. The van der Waals surface area contributed by atoms with E-state index in [0.717, 1.165) is 25.7 Å². The summed E-state index contributed by atoms with van der Waals surface area (Å²) in [6.45, 7) is 11.1. The molecule has 1 saturated heterocycles. The van der Waals surface area contributed by atoms with E-state index in [9.17, 15) is 4.79 Å². The van der Waals surface area contributed by atoms with Gasteiger partial charge in [0.25, 0.3) is 0 Å². The quantitative estimate of drug-likeness (QED) is 0.650. The molecular formula is C17H34N2O. The molecule has 0 aliphatic carbocycles. The number of nitrogens with zero attached hydrogens (tertiary/aromatic N) is 1. The summed E-state index contributed by atoms with van der Waals surface area (Å²) in [6, 6.07) is 0.421. The fourth-order valence-corrected chi connectivity index (χ4v) is 3.19. The average Bonchev–Trinajstić information content (AvgIpc) is 2.66.